The maximum atomic E-state index is 7.28. The molecule has 0 saturated carbocycles. The summed E-state index contributed by atoms with van der Waals surface area (Å²) in [6.45, 7) is 60.1. The molecule has 5 heteroatoms. The molecule has 0 amide bonds. The summed E-state index contributed by atoms with van der Waals surface area (Å²) in [5.74, 6) is 2.05. The minimum Gasteiger partial charge on any atom is -0.496 e. The summed E-state index contributed by atoms with van der Waals surface area (Å²) < 4.78 is 12.4. The van der Waals surface area contributed by atoms with Crippen molar-refractivity contribution in [2.45, 2.75) is 251 Å². The van der Waals surface area contributed by atoms with Crippen molar-refractivity contribution in [3.63, 3.8) is 0 Å². The van der Waals surface area contributed by atoms with Gasteiger partial charge in [0.2, 0.25) is 0 Å². The lowest BCUT2D eigenvalue weighted by Gasteiger charge is -2.41. The maximum absolute atomic E-state index is 7.28. The molecule has 3 unspecified atom stereocenters. The summed E-state index contributed by atoms with van der Waals surface area (Å²) in [5.41, 5.74) is 60.1. The maximum Gasteiger partial charge on any atom is 0.161 e. The van der Waals surface area contributed by atoms with E-state index in [-0.39, 0.29) is 10.8 Å². The van der Waals surface area contributed by atoms with Gasteiger partial charge in [0.1, 0.15) is 11.5 Å². The average molecular weight is 1550 g/mol. The van der Waals surface area contributed by atoms with Crippen LogP contribution in [0.2, 0.25) is 26.2 Å². The molecular formula is C108H125ClO2Si2. The molecular weight excluding hydrogens is 1420 g/mol. The van der Waals surface area contributed by atoms with Crippen molar-refractivity contribution in [1.82, 2.24) is 0 Å². The largest absolute Gasteiger partial charge is 0.496 e. The number of ether oxygens (including phenoxy) is 2. The van der Waals surface area contributed by atoms with Gasteiger partial charge in [0.25, 0.3) is 0 Å². The Morgan fingerprint density at radius 2 is 0.602 bits per heavy atom. The zero-order valence-corrected chi connectivity index (χ0v) is 76.5. The average Bonchev–Trinajstić information content (AvgIpc) is 1.57. The summed E-state index contributed by atoms with van der Waals surface area (Å²) in [5, 5.41) is 0. The Labute approximate surface area is 687 Å². The van der Waals surface area contributed by atoms with E-state index in [1.165, 1.54) is 226 Å². The topological polar surface area (TPSA) is 18.5 Å². The predicted octanol–water partition coefficient (Wildman–Crippen LogP) is 30.3. The highest BCUT2D eigenvalue weighted by molar-refractivity contribution is 7.20. The third-order valence-corrected chi connectivity index (χ3v) is 32.8. The van der Waals surface area contributed by atoms with Crippen LogP contribution in [0.25, 0.3) is 91.1 Å². The smallest absolute Gasteiger partial charge is 0.161 e. The molecule has 0 radical (unpaired) electrons. The second kappa shape index (κ2) is 30.3. The van der Waals surface area contributed by atoms with Gasteiger partial charge >= 0.3 is 0 Å². The summed E-state index contributed by atoms with van der Waals surface area (Å²) in [7, 11) is -0.603. The number of aryl methyl sites for hydroxylation is 12. The Morgan fingerprint density at radius 1 is 0.319 bits per heavy atom. The molecule has 6 aliphatic carbocycles. The van der Waals surface area contributed by atoms with E-state index in [1.807, 2.05) is 7.11 Å². The minimum atomic E-state index is -2.27. The fraction of sp³-hybridized carbons (Fsp3) is 0.370. The van der Waals surface area contributed by atoms with Crippen molar-refractivity contribution in [3.05, 3.63) is 288 Å². The van der Waals surface area contributed by atoms with Gasteiger partial charge in [-0.25, -0.2) is 0 Å². The van der Waals surface area contributed by atoms with E-state index in [0.717, 1.165) is 30.8 Å². The third-order valence-electron chi connectivity index (χ3n) is 25.5. The number of benzene rings is 10. The van der Waals surface area contributed by atoms with E-state index in [0.29, 0.717) is 16.6 Å². The molecule has 2 nitrogen and oxygen atoms in total. The molecule has 10 aromatic carbocycles. The number of halogens is 1. The summed E-state index contributed by atoms with van der Waals surface area (Å²) in [4.78, 5) is 0. The van der Waals surface area contributed by atoms with Crippen molar-refractivity contribution in [1.29, 1.82) is 0 Å². The quantitative estimate of drug-likeness (QED) is 0.0949. The Bertz CT molecular complexity index is 5610. The minimum absolute atomic E-state index is 0.0461. The molecule has 0 heterocycles. The first-order valence-corrected chi connectivity index (χ1v) is 49.2. The molecule has 10 aromatic rings. The van der Waals surface area contributed by atoms with Gasteiger partial charge in [-0.1, -0.05) is 302 Å². The Balaban J connectivity index is 0.000000156. The molecule has 0 N–H and O–H groups in total. The van der Waals surface area contributed by atoms with Crippen LogP contribution in [0.5, 0.6) is 11.5 Å². The van der Waals surface area contributed by atoms with Crippen LogP contribution in [0, 0.1) is 83.1 Å². The highest BCUT2D eigenvalue weighted by atomic mass is 35.6. The number of hydrogen-bond donors (Lipinski definition) is 0. The molecule has 0 aromatic heterocycles. The SMILES string of the molecule is CC1=Cc2c(-c3cc(C)cc(C)c3)c3c(c(-c4cc(C)cc(C)c4)c2C1[Si](C)(C)Cl)CCC3.COc1c(C(C)(C)C)cc2c(c1-c1cc(C)cc(C)c1)C=C(C)C2.COc1c(C(C)(C)C)cc2c(c1-c1cc(C)cc(C)c1)C=C(C)C2[Si](C)(C)C1C(C)=Cc2c(-c3cc(C)cc(C)c3)c3c(c(-c4cc(C)cc(C)c4)c21)CCC3. The summed E-state index contributed by atoms with van der Waals surface area (Å²) in [6, 6.07) is 47.4. The van der Waals surface area contributed by atoms with Crippen LogP contribution in [0.3, 0.4) is 0 Å². The predicted molar refractivity (Wildman–Crippen MR) is 497 cm³/mol. The second-order valence-electron chi connectivity index (χ2n) is 38.8. The standard InChI is InChI=1S/C54H62OSi.C31H35ClSi.C23H28O/c1-30-18-31(2)22-38(21-30)47-41-16-15-17-42(41)48(39-23-32(3)19-33(4)24-39)50-45(47)28-37(8)53(50)56(13,14)52-36(7)27-43-44(52)29-46(54(9,10)11)51(55-12)49(43)40-25-34(5)20-35(6)26-40;1-18-11-19(2)14-23(13-18)28-25-9-8-10-26(25)29(24-15-20(3)12-21(4)16-24)30-27(28)17-22(5)31(30)33(6,7)32;1-14-8-15(2)11-18(10-14)21-19-12-16(3)9-17(19)13-20(22(21)24-7)23(4,5)6/h18-29,52-53H,15-17H2,1-14H3;11-17,31H,8-10H2,1-7H3;8,10-13H,9H2,1-7H3. The number of methoxy groups -OCH3 is 2. The van der Waals surface area contributed by atoms with Gasteiger partial charge in [-0.3, -0.25) is 0 Å². The summed E-state index contributed by atoms with van der Waals surface area (Å²) >= 11 is 7.28. The van der Waals surface area contributed by atoms with Gasteiger partial charge in [-0.05, 0) is 289 Å². The molecule has 0 spiro atoms. The van der Waals surface area contributed by atoms with Gasteiger partial charge < -0.3 is 9.47 Å². The van der Waals surface area contributed by atoms with E-state index >= 15 is 0 Å². The zero-order valence-electron chi connectivity index (χ0n) is 73.7. The Kier molecular flexibility index (Phi) is 21.7. The molecule has 0 bridgehead atoms. The molecule has 16 rings (SSSR count). The fourth-order valence-corrected chi connectivity index (χ4v) is 30.1. The molecule has 3 atom stereocenters. The summed E-state index contributed by atoms with van der Waals surface area (Å²) in [6.07, 6.45) is 18.1. The molecule has 113 heavy (non-hydrogen) atoms. The van der Waals surface area contributed by atoms with Gasteiger partial charge in [-0.2, -0.15) is 11.1 Å². The zero-order chi connectivity index (χ0) is 81.5. The number of hydrogen-bond acceptors (Lipinski definition) is 2. The fourth-order valence-electron chi connectivity index (χ4n) is 22.2. The number of fused-ring (bicyclic) bond motifs is 6. The van der Waals surface area contributed by atoms with Crippen LogP contribution in [-0.4, -0.2) is 29.7 Å². The normalized spacial score (nSPS) is 16.6. The Morgan fingerprint density at radius 3 is 0.938 bits per heavy atom. The first kappa shape index (κ1) is 81.1. The van der Waals surface area contributed by atoms with E-state index in [2.05, 4.69) is 324 Å². The van der Waals surface area contributed by atoms with Crippen molar-refractivity contribution in [3.8, 4) is 78.3 Å². The van der Waals surface area contributed by atoms with Crippen LogP contribution in [0.1, 0.15) is 243 Å². The van der Waals surface area contributed by atoms with Gasteiger partial charge in [-0.15, -0.1) is 0 Å². The van der Waals surface area contributed by atoms with Crippen molar-refractivity contribution in [2.75, 3.05) is 14.2 Å². The molecule has 0 aliphatic heterocycles. The van der Waals surface area contributed by atoms with Crippen LogP contribution >= 0.6 is 11.1 Å². The van der Waals surface area contributed by atoms with Gasteiger partial charge in [0.15, 0.2) is 7.38 Å². The lowest BCUT2D eigenvalue weighted by Crippen LogP contribution is -2.42. The van der Waals surface area contributed by atoms with Crippen LogP contribution in [0.4, 0.5) is 0 Å². The molecule has 0 saturated heterocycles. The van der Waals surface area contributed by atoms with E-state index in [1.54, 1.807) is 40.5 Å². The van der Waals surface area contributed by atoms with Crippen molar-refractivity contribution < 1.29 is 9.47 Å². The van der Waals surface area contributed by atoms with E-state index in [4.69, 9.17) is 20.6 Å². The number of allylic oxidation sites excluding steroid dienone is 4. The number of rotatable bonds is 11. The first-order valence-electron chi connectivity index (χ1n) is 42.0. The van der Waals surface area contributed by atoms with Gasteiger partial charge in [0.05, 0.1) is 22.3 Å². The lowest BCUT2D eigenvalue weighted by molar-refractivity contribution is 0.399. The lowest BCUT2D eigenvalue weighted by atomic mass is 9.81. The second-order valence-corrected chi connectivity index (χ2v) is 50.2. The molecule has 6 aliphatic rings. The van der Waals surface area contributed by atoms with Crippen molar-refractivity contribution >= 4 is 50.8 Å². The third kappa shape index (κ3) is 15.1. The monoisotopic (exact) mass is 1540 g/mol. The first-order chi connectivity index (χ1) is 53.1. The van der Waals surface area contributed by atoms with E-state index in [9.17, 15) is 0 Å². The van der Waals surface area contributed by atoms with Gasteiger partial charge in [0, 0.05) is 38.9 Å². The van der Waals surface area contributed by atoms with Crippen molar-refractivity contribution in [2.24, 2.45) is 0 Å². The van der Waals surface area contributed by atoms with Crippen LogP contribution < -0.4 is 9.47 Å². The Hall–Kier alpha value is -8.52. The van der Waals surface area contributed by atoms with Crippen LogP contribution in [0.15, 0.2) is 144 Å². The molecule has 0 fully saturated rings. The highest BCUT2D eigenvalue weighted by Crippen LogP contribution is 2.62. The van der Waals surface area contributed by atoms with Crippen LogP contribution in [-0.2, 0) is 42.9 Å². The van der Waals surface area contributed by atoms with E-state index < -0.39 is 15.5 Å². The molecule has 584 valence electrons. The highest BCUT2D eigenvalue weighted by Gasteiger charge is 2.51.